The van der Waals surface area contributed by atoms with Gasteiger partial charge in [-0.3, -0.25) is 0 Å². The third-order valence-electron chi connectivity index (χ3n) is 4.81. The lowest BCUT2D eigenvalue weighted by Gasteiger charge is -2.05. The van der Waals surface area contributed by atoms with E-state index in [9.17, 15) is 0 Å². The molecule has 5 aromatic rings. The van der Waals surface area contributed by atoms with Gasteiger partial charge in [-0.2, -0.15) is 0 Å². The van der Waals surface area contributed by atoms with Crippen LogP contribution < -0.4 is 0 Å². The number of nitrogens with zero attached hydrogens (tertiary/aromatic N) is 2. The Morgan fingerprint density at radius 1 is 0.818 bits per heavy atom. The molecule has 2 aromatic carbocycles. The summed E-state index contributed by atoms with van der Waals surface area (Å²) in [5.74, 6) is 0. The van der Waals surface area contributed by atoms with Gasteiger partial charge < -0.3 is 8.97 Å². The zero-order chi connectivity index (χ0) is 14.8. The van der Waals surface area contributed by atoms with Crippen LogP contribution in [0.25, 0.3) is 38.2 Å². The second kappa shape index (κ2) is 3.92. The van der Waals surface area contributed by atoms with Crippen molar-refractivity contribution >= 4 is 38.2 Å². The highest BCUT2D eigenvalue weighted by Crippen LogP contribution is 2.35. The number of hydrogen-bond donors (Lipinski definition) is 0. The van der Waals surface area contributed by atoms with Gasteiger partial charge in [-0.15, -0.1) is 0 Å². The van der Waals surface area contributed by atoms with Crippen LogP contribution in [0.4, 0.5) is 0 Å². The molecule has 2 nitrogen and oxygen atoms in total. The fourth-order valence-electron chi connectivity index (χ4n) is 3.85. The van der Waals surface area contributed by atoms with Gasteiger partial charge >= 0.3 is 0 Å². The fraction of sp³-hybridized carbons (Fsp3) is 0.100. The third-order valence-corrected chi connectivity index (χ3v) is 4.81. The van der Waals surface area contributed by atoms with Gasteiger partial charge in [0.15, 0.2) is 0 Å². The van der Waals surface area contributed by atoms with Gasteiger partial charge in [0, 0.05) is 34.9 Å². The van der Waals surface area contributed by atoms with E-state index in [0.717, 1.165) is 0 Å². The molecule has 0 N–H and O–H groups in total. The zero-order valence-electron chi connectivity index (χ0n) is 12.7. The van der Waals surface area contributed by atoms with Crippen LogP contribution in [0.3, 0.4) is 0 Å². The molecule has 0 unspecified atom stereocenters. The summed E-state index contributed by atoms with van der Waals surface area (Å²) in [5.41, 5.74) is 6.48. The van der Waals surface area contributed by atoms with Gasteiger partial charge in [-0.25, -0.2) is 0 Å². The second-order valence-electron chi connectivity index (χ2n) is 6.07. The van der Waals surface area contributed by atoms with Crippen molar-refractivity contribution in [2.24, 2.45) is 7.05 Å². The molecule has 0 amide bonds. The fourth-order valence-corrected chi connectivity index (χ4v) is 3.85. The van der Waals surface area contributed by atoms with E-state index < -0.39 is 0 Å². The predicted molar refractivity (Wildman–Crippen MR) is 93.6 cm³/mol. The van der Waals surface area contributed by atoms with Crippen LogP contribution in [-0.4, -0.2) is 8.97 Å². The Balaban J connectivity index is 2.17. The van der Waals surface area contributed by atoms with E-state index in [1.54, 1.807) is 0 Å². The minimum absolute atomic E-state index is 1.27. The molecule has 0 spiro atoms. The Labute approximate surface area is 128 Å². The smallest absolute Gasteiger partial charge is 0.0736 e. The first-order valence-electron chi connectivity index (χ1n) is 7.62. The average Bonchev–Trinajstić information content (AvgIpc) is 3.05. The normalized spacial score (nSPS) is 12.1. The van der Waals surface area contributed by atoms with Gasteiger partial charge in [0.1, 0.15) is 0 Å². The molecule has 0 aliphatic carbocycles. The van der Waals surface area contributed by atoms with E-state index in [4.69, 9.17) is 0 Å². The number of fused-ring (bicyclic) bond motifs is 7. The van der Waals surface area contributed by atoms with Gasteiger partial charge in [0.05, 0.1) is 16.6 Å². The van der Waals surface area contributed by atoms with Gasteiger partial charge in [-0.1, -0.05) is 36.4 Å². The van der Waals surface area contributed by atoms with Crippen LogP contribution in [0.2, 0.25) is 0 Å². The van der Waals surface area contributed by atoms with Crippen LogP contribution in [0, 0.1) is 6.92 Å². The van der Waals surface area contributed by atoms with Crippen LogP contribution in [0.15, 0.2) is 60.8 Å². The topological polar surface area (TPSA) is 9.34 Å². The van der Waals surface area contributed by atoms with E-state index in [0.29, 0.717) is 0 Å². The number of benzene rings is 2. The molecular formula is C20H16N2. The zero-order valence-corrected chi connectivity index (χ0v) is 12.7. The molecule has 0 fully saturated rings. The molecule has 2 heteroatoms. The minimum atomic E-state index is 1.27. The molecule has 106 valence electrons. The summed E-state index contributed by atoms with van der Waals surface area (Å²) < 4.78 is 4.65. The van der Waals surface area contributed by atoms with Crippen molar-refractivity contribution in [1.29, 1.82) is 0 Å². The Hall–Kier alpha value is -2.74. The van der Waals surface area contributed by atoms with E-state index in [-0.39, 0.29) is 0 Å². The van der Waals surface area contributed by atoms with Crippen molar-refractivity contribution in [2.45, 2.75) is 6.92 Å². The molecule has 0 saturated carbocycles. The Morgan fingerprint density at radius 3 is 2.41 bits per heavy atom. The van der Waals surface area contributed by atoms with Gasteiger partial charge in [0.25, 0.3) is 0 Å². The summed E-state index contributed by atoms with van der Waals surface area (Å²) in [5, 5.41) is 4.00. The van der Waals surface area contributed by atoms with E-state index in [2.05, 4.69) is 83.7 Å². The quantitative estimate of drug-likeness (QED) is 0.376. The van der Waals surface area contributed by atoms with Gasteiger partial charge in [-0.05, 0) is 30.7 Å². The summed E-state index contributed by atoms with van der Waals surface area (Å²) in [6.07, 6.45) is 2.27. The molecule has 0 aliphatic rings. The minimum Gasteiger partial charge on any atom is -0.342 e. The van der Waals surface area contributed by atoms with Crippen molar-refractivity contribution in [1.82, 2.24) is 8.97 Å². The molecule has 0 aliphatic heterocycles. The summed E-state index contributed by atoms with van der Waals surface area (Å²) >= 11 is 0. The molecule has 0 radical (unpaired) electrons. The lowest BCUT2D eigenvalue weighted by molar-refractivity contribution is 1.01. The maximum absolute atomic E-state index is 2.33. The average molecular weight is 284 g/mol. The highest BCUT2D eigenvalue weighted by Gasteiger charge is 2.15. The number of hydrogen-bond acceptors (Lipinski definition) is 0. The first-order valence-corrected chi connectivity index (χ1v) is 7.62. The summed E-state index contributed by atoms with van der Waals surface area (Å²) in [6, 6.07) is 19.6. The number of pyridine rings is 1. The third kappa shape index (κ3) is 1.30. The monoisotopic (exact) mass is 284 g/mol. The Morgan fingerprint density at radius 2 is 1.55 bits per heavy atom. The summed E-state index contributed by atoms with van der Waals surface area (Å²) in [7, 11) is 2.17. The van der Waals surface area contributed by atoms with Crippen LogP contribution >= 0.6 is 0 Å². The number of rotatable bonds is 0. The largest absolute Gasteiger partial charge is 0.342 e. The molecule has 3 aromatic heterocycles. The highest BCUT2D eigenvalue weighted by atomic mass is 15.0. The summed E-state index contributed by atoms with van der Waals surface area (Å²) in [6.45, 7) is 2.21. The number of para-hydroxylation sites is 2. The summed E-state index contributed by atoms with van der Waals surface area (Å²) in [4.78, 5) is 0. The molecule has 3 heterocycles. The Bertz CT molecular complexity index is 1190. The van der Waals surface area contributed by atoms with Crippen molar-refractivity contribution in [3.8, 4) is 0 Å². The molecule has 5 rings (SSSR count). The van der Waals surface area contributed by atoms with Crippen LogP contribution in [0.5, 0.6) is 0 Å². The van der Waals surface area contributed by atoms with Crippen molar-refractivity contribution in [2.75, 3.05) is 0 Å². The number of aromatic nitrogens is 2. The van der Waals surface area contributed by atoms with Crippen molar-refractivity contribution in [3.05, 3.63) is 66.4 Å². The lowest BCUT2D eigenvalue weighted by Crippen LogP contribution is -1.92. The molecule has 0 saturated heterocycles. The highest BCUT2D eigenvalue weighted by molar-refractivity contribution is 6.15. The van der Waals surface area contributed by atoms with Gasteiger partial charge in [0.2, 0.25) is 0 Å². The first kappa shape index (κ1) is 11.9. The lowest BCUT2D eigenvalue weighted by atomic mass is 10.1. The number of aryl methyl sites for hydroxylation is 2. The predicted octanol–water partition coefficient (Wildman–Crippen LogP) is 5.05. The standard InChI is InChI=1S/C20H16N2/c1-13-12-22-16-9-5-3-7-14(16)11-18(22)20-19(13)15-8-4-6-10-17(15)21(20)2/h3-12H,1-2H3. The SMILES string of the molecule is Cc1cn2c3ccccc3cc2c2c1c1ccccc1n2C. The van der Waals surface area contributed by atoms with E-state index in [1.165, 1.54) is 43.8 Å². The van der Waals surface area contributed by atoms with Crippen molar-refractivity contribution in [3.63, 3.8) is 0 Å². The molecule has 22 heavy (non-hydrogen) atoms. The van der Waals surface area contributed by atoms with Crippen LogP contribution in [-0.2, 0) is 7.05 Å². The van der Waals surface area contributed by atoms with Crippen molar-refractivity contribution < 1.29 is 0 Å². The maximum atomic E-state index is 2.33. The maximum Gasteiger partial charge on any atom is 0.0736 e. The molecule has 0 atom stereocenters. The molecule has 0 bridgehead atoms. The van der Waals surface area contributed by atoms with E-state index in [1.807, 2.05) is 0 Å². The Kier molecular flexibility index (Phi) is 2.11. The molecular weight excluding hydrogens is 268 g/mol. The first-order chi connectivity index (χ1) is 10.8. The van der Waals surface area contributed by atoms with E-state index >= 15 is 0 Å². The van der Waals surface area contributed by atoms with Crippen LogP contribution in [0.1, 0.15) is 5.56 Å². The second-order valence-corrected chi connectivity index (χ2v) is 6.07.